The van der Waals surface area contributed by atoms with Crippen molar-refractivity contribution in [3.63, 3.8) is 0 Å². The lowest BCUT2D eigenvalue weighted by Gasteiger charge is -2.09. The molecule has 0 spiro atoms. The Hall–Kier alpha value is -2.35. The van der Waals surface area contributed by atoms with E-state index in [4.69, 9.17) is 0 Å². The van der Waals surface area contributed by atoms with Crippen LogP contribution in [0, 0.1) is 13.8 Å². The molecule has 1 N–H and O–H groups in total. The predicted octanol–water partition coefficient (Wildman–Crippen LogP) is 4.46. The zero-order chi connectivity index (χ0) is 13.9. The zero-order valence-electron chi connectivity index (χ0n) is 11.9. The van der Waals surface area contributed by atoms with Crippen LogP contribution in [-0.4, -0.2) is 4.98 Å². The van der Waals surface area contributed by atoms with Crippen LogP contribution in [0.25, 0.3) is 10.9 Å². The van der Waals surface area contributed by atoms with Gasteiger partial charge >= 0.3 is 0 Å². The average molecular weight is 262 g/mol. The summed E-state index contributed by atoms with van der Waals surface area (Å²) in [5.74, 6) is 0. The molecule has 0 atom stereocenters. The Balaban J connectivity index is 1.79. The van der Waals surface area contributed by atoms with Gasteiger partial charge in [0.05, 0.1) is 5.52 Å². The van der Waals surface area contributed by atoms with Gasteiger partial charge in [0.2, 0.25) is 0 Å². The number of hydrogen-bond acceptors (Lipinski definition) is 2. The molecular formula is C18H18N2. The van der Waals surface area contributed by atoms with Crippen molar-refractivity contribution in [3.8, 4) is 0 Å². The highest BCUT2D eigenvalue weighted by molar-refractivity contribution is 5.82. The molecule has 0 amide bonds. The molecular weight excluding hydrogens is 244 g/mol. The minimum atomic E-state index is 0.842. The summed E-state index contributed by atoms with van der Waals surface area (Å²) in [6.45, 7) is 5.12. The molecule has 0 saturated heterocycles. The molecule has 2 aromatic carbocycles. The van der Waals surface area contributed by atoms with Crippen LogP contribution in [0.1, 0.15) is 16.7 Å². The molecule has 0 aliphatic rings. The highest BCUT2D eigenvalue weighted by atomic mass is 14.9. The van der Waals surface area contributed by atoms with E-state index >= 15 is 0 Å². The van der Waals surface area contributed by atoms with E-state index in [0.717, 1.165) is 23.1 Å². The highest BCUT2D eigenvalue weighted by Gasteiger charge is 1.99. The van der Waals surface area contributed by atoms with Gasteiger partial charge in [-0.3, -0.25) is 4.98 Å². The maximum absolute atomic E-state index is 4.34. The van der Waals surface area contributed by atoms with Crippen molar-refractivity contribution >= 4 is 16.6 Å². The third kappa shape index (κ3) is 2.80. The maximum Gasteiger partial charge on any atom is 0.0703 e. The lowest BCUT2D eigenvalue weighted by Crippen LogP contribution is -2.00. The standard InChI is InChI=1S/C18H18N2/c1-13-8-14(2)10-15(9-13)12-20-17-5-6-18-16(11-17)4-3-7-19-18/h3-11,20H,12H2,1-2H3. The molecule has 1 aromatic heterocycles. The van der Waals surface area contributed by atoms with Crippen molar-refractivity contribution in [1.82, 2.24) is 4.98 Å². The average Bonchev–Trinajstić information content (AvgIpc) is 2.44. The van der Waals surface area contributed by atoms with E-state index in [-0.39, 0.29) is 0 Å². The Kier molecular flexibility index (Phi) is 3.38. The number of hydrogen-bond donors (Lipinski definition) is 1. The number of benzene rings is 2. The van der Waals surface area contributed by atoms with Crippen molar-refractivity contribution in [2.75, 3.05) is 5.32 Å². The summed E-state index contributed by atoms with van der Waals surface area (Å²) in [5, 5.41) is 4.64. The van der Waals surface area contributed by atoms with Crippen molar-refractivity contribution in [2.24, 2.45) is 0 Å². The van der Waals surface area contributed by atoms with Crippen molar-refractivity contribution in [1.29, 1.82) is 0 Å². The second-order valence-corrected chi connectivity index (χ2v) is 5.26. The number of pyridine rings is 1. The van der Waals surface area contributed by atoms with Gasteiger partial charge in [0.15, 0.2) is 0 Å². The third-order valence-electron chi connectivity index (χ3n) is 3.38. The van der Waals surface area contributed by atoms with Crippen molar-refractivity contribution < 1.29 is 0 Å². The fourth-order valence-corrected chi connectivity index (χ4v) is 2.56. The minimum absolute atomic E-state index is 0.842. The number of nitrogens with zero attached hydrogens (tertiary/aromatic N) is 1. The maximum atomic E-state index is 4.34. The lowest BCUT2D eigenvalue weighted by atomic mass is 10.1. The summed E-state index contributed by atoms with van der Waals surface area (Å²) >= 11 is 0. The monoisotopic (exact) mass is 262 g/mol. The fourth-order valence-electron chi connectivity index (χ4n) is 2.56. The molecule has 0 fully saturated rings. The Labute approximate surface area is 119 Å². The van der Waals surface area contributed by atoms with E-state index in [2.05, 4.69) is 66.6 Å². The zero-order valence-corrected chi connectivity index (χ0v) is 11.9. The molecule has 0 unspecified atom stereocenters. The Morgan fingerprint density at radius 2 is 1.75 bits per heavy atom. The van der Waals surface area contributed by atoms with Crippen LogP contribution in [-0.2, 0) is 6.54 Å². The summed E-state index contributed by atoms with van der Waals surface area (Å²) in [5.41, 5.74) is 6.09. The first-order valence-electron chi connectivity index (χ1n) is 6.86. The van der Waals surface area contributed by atoms with Crippen LogP contribution in [0.2, 0.25) is 0 Å². The summed E-state index contributed by atoms with van der Waals surface area (Å²) in [7, 11) is 0. The van der Waals surface area contributed by atoms with Crippen molar-refractivity contribution in [3.05, 3.63) is 71.4 Å². The van der Waals surface area contributed by atoms with Crippen LogP contribution < -0.4 is 5.32 Å². The molecule has 3 aromatic rings. The number of aromatic nitrogens is 1. The summed E-state index contributed by atoms with van der Waals surface area (Å²) in [6.07, 6.45) is 1.82. The van der Waals surface area contributed by atoms with Crippen LogP contribution in [0.4, 0.5) is 5.69 Å². The molecule has 2 nitrogen and oxygen atoms in total. The van der Waals surface area contributed by atoms with E-state index in [1.54, 1.807) is 0 Å². The SMILES string of the molecule is Cc1cc(C)cc(CNc2ccc3ncccc3c2)c1. The number of rotatable bonds is 3. The van der Waals surface area contributed by atoms with E-state index in [0.29, 0.717) is 0 Å². The first kappa shape index (κ1) is 12.7. The molecule has 20 heavy (non-hydrogen) atoms. The van der Waals surface area contributed by atoms with Gasteiger partial charge in [0, 0.05) is 23.8 Å². The lowest BCUT2D eigenvalue weighted by molar-refractivity contribution is 1.13. The third-order valence-corrected chi connectivity index (χ3v) is 3.38. The molecule has 100 valence electrons. The van der Waals surface area contributed by atoms with E-state index in [1.807, 2.05) is 12.3 Å². The van der Waals surface area contributed by atoms with Crippen LogP contribution in [0.5, 0.6) is 0 Å². The molecule has 3 rings (SSSR count). The normalized spacial score (nSPS) is 10.7. The molecule has 1 heterocycles. The Bertz CT molecular complexity index is 727. The van der Waals surface area contributed by atoms with Gasteiger partial charge in [-0.25, -0.2) is 0 Å². The predicted molar refractivity (Wildman–Crippen MR) is 85.0 cm³/mol. The minimum Gasteiger partial charge on any atom is -0.381 e. The summed E-state index contributed by atoms with van der Waals surface area (Å²) < 4.78 is 0. The topological polar surface area (TPSA) is 24.9 Å². The smallest absolute Gasteiger partial charge is 0.0703 e. The number of aryl methyl sites for hydroxylation is 2. The summed E-state index contributed by atoms with van der Waals surface area (Å²) in [4.78, 5) is 4.34. The van der Waals surface area contributed by atoms with E-state index in [1.165, 1.54) is 16.7 Å². The Morgan fingerprint density at radius 1 is 0.950 bits per heavy atom. The van der Waals surface area contributed by atoms with E-state index in [9.17, 15) is 0 Å². The van der Waals surface area contributed by atoms with Gasteiger partial charge in [-0.05, 0) is 43.7 Å². The quantitative estimate of drug-likeness (QED) is 0.753. The molecule has 0 aliphatic heterocycles. The molecule has 0 bridgehead atoms. The van der Waals surface area contributed by atoms with Crippen LogP contribution in [0.15, 0.2) is 54.7 Å². The fraction of sp³-hybridized carbons (Fsp3) is 0.167. The molecule has 2 heteroatoms. The van der Waals surface area contributed by atoms with Gasteiger partial charge in [-0.15, -0.1) is 0 Å². The van der Waals surface area contributed by atoms with E-state index < -0.39 is 0 Å². The van der Waals surface area contributed by atoms with Crippen LogP contribution >= 0.6 is 0 Å². The Morgan fingerprint density at radius 3 is 2.55 bits per heavy atom. The second kappa shape index (κ2) is 5.33. The molecule has 0 radical (unpaired) electrons. The van der Waals surface area contributed by atoms with Gasteiger partial charge in [0.25, 0.3) is 0 Å². The van der Waals surface area contributed by atoms with Crippen molar-refractivity contribution in [2.45, 2.75) is 20.4 Å². The highest BCUT2D eigenvalue weighted by Crippen LogP contribution is 2.18. The van der Waals surface area contributed by atoms with Gasteiger partial charge in [-0.1, -0.05) is 35.4 Å². The number of nitrogens with one attached hydrogen (secondary N) is 1. The first-order valence-corrected chi connectivity index (χ1v) is 6.86. The second-order valence-electron chi connectivity index (χ2n) is 5.26. The number of fused-ring (bicyclic) bond motifs is 1. The first-order chi connectivity index (χ1) is 9.70. The molecule has 0 saturated carbocycles. The summed E-state index contributed by atoms with van der Waals surface area (Å²) in [6, 6.07) is 17.0. The largest absolute Gasteiger partial charge is 0.381 e. The van der Waals surface area contributed by atoms with Crippen LogP contribution in [0.3, 0.4) is 0 Å². The van der Waals surface area contributed by atoms with Gasteiger partial charge in [0.1, 0.15) is 0 Å². The molecule has 0 aliphatic carbocycles. The number of anilines is 1. The van der Waals surface area contributed by atoms with Gasteiger partial charge < -0.3 is 5.32 Å². The van der Waals surface area contributed by atoms with Gasteiger partial charge in [-0.2, -0.15) is 0 Å².